The Balaban J connectivity index is 1.79. The van der Waals surface area contributed by atoms with Gasteiger partial charge in [0.05, 0.1) is 25.3 Å². The van der Waals surface area contributed by atoms with Gasteiger partial charge in [-0.15, -0.1) is 11.3 Å². The van der Waals surface area contributed by atoms with Crippen molar-refractivity contribution in [3.63, 3.8) is 0 Å². The maximum Gasteiger partial charge on any atom is 0.338 e. The molecule has 4 aromatic rings. The average Bonchev–Trinajstić information content (AvgIpc) is 3.41. The van der Waals surface area contributed by atoms with E-state index in [4.69, 9.17) is 14.2 Å². The summed E-state index contributed by atoms with van der Waals surface area (Å²) in [5.41, 5.74) is 3.24. The molecule has 1 N–H and O–H groups in total. The molecule has 5 rings (SSSR count). The predicted octanol–water partition coefficient (Wildman–Crippen LogP) is 6.27. The van der Waals surface area contributed by atoms with Gasteiger partial charge in [-0.1, -0.05) is 6.07 Å². The fraction of sp³-hybridized carbons (Fsp3) is 0.111. The Morgan fingerprint density at radius 3 is 2.40 bits per heavy atom. The highest BCUT2D eigenvalue weighted by Gasteiger charge is 2.27. The number of rotatable bonds is 5. The van der Waals surface area contributed by atoms with Crippen LogP contribution in [0, 0.1) is 5.82 Å². The van der Waals surface area contributed by atoms with E-state index in [0.29, 0.717) is 44.9 Å². The molecule has 8 heteroatoms. The molecule has 0 atom stereocenters. The van der Waals surface area contributed by atoms with E-state index in [0.717, 1.165) is 4.88 Å². The highest BCUT2D eigenvalue weighted by atomic mass is 32.1. The summed E-state index contributed by atoms with van der Waals surface area (Å²) in [5.74, 6) is -1.28. The summed E-state index contributed by atoms with van der Waals surface area (Å²) in [6.45, 7) is 0.176. The highest BCUT2D eigenvalue weighted by Crippen LogP contribution is 2.44. The summed E-state index contributed by atoms with van der Waals surface area (Å²) in [7, 11) is 2.75. The zero-order chi connectivity index (χ0) is 24.7. The lowest BCUT2D eigenvalue weighted by Crippen LogP contribution is -2.12. The van der Waals surface area contributed by atoms with Crippen LogP contribution in [0.4, 0.5) is 4.39 Å². The van der Waals surface area contributed by atoms with Gasteiger partial charge in [0.2, 0.25) is 0 Å². The minimum absolute atomic E-state index is 0.00229. The van der Waals surface area contributed by atoms with Gasteiger partial charge in [0.1, 0.15) is 23.9 Å². The molecule has 1 aromatic heterocycles. The maximum atomic E-state index is 14.0. The van der Waals surface area contributed by atoms with E-state index >= 15 is 0 Å². The first-order valence-corrected chi connectivity index (χ1v) is 11.5. The molecule has 0 saturated heterocycles. The molecule has 35 heavy (non-hydrogen) atoms. The van der Waals surface area contributed by atoms with Gasteiger partial charge in [0, 0.05) is 21.6 Å². The molecule has 0 radical (unpaired) electrons. The standard InChI is InChI=1S/C27H19FO6S/c1-32-24-12-18(20(26(29)30)11-22(24)25-4-3-7-35-25)17-8-14-13-34-23-6-5-15(28)9-19(23)16(14)10-21(17)27(31)33-2/h3-12H,13H2,1-2H3,(H,29,30). The van der Waals surface area contributed by atoms with Crippen LogP contribution in [0.3, 0.4) is 0 Å². The van der Waals surface area contributed by atoms with Crippen LogP contribution in [0.1, 0.15) is 26.3 Å². The van der Waals surface area contributed by atoms with Crippen molar-refractivity contribution in [2.45, 2.75) is 6.61 Å². The lowest BCUT2D eigenvalue weighted by atomic mass is 9.87. The van der Waals surface area contributed by atoms with E-state index in [-0.39, 0.29) is 17.7 Å². The lowest BCUT2D eigenvalue weighted by Gasteiger charge is -2.23. The third-order valence-electron chi connectivity index (χ3n) is 5.91. The van der Waals surface area contributed by atoms with Crippen molar-refractivity contribution in [1.29, 1.82) is 0 Å². The van der Waals surface area contributed by atoms with Crippen LogP contribution in [-0.4, -0.2) is 31.3 Å². The molecular weight excluding hydrogens is 471 g/mol. The fourth-order valence-corrected chi connectivity index (χ4v) is 5.03. The second-order valence-corrected chi connectivity index (χ2v) is 8.80. The third kappa shape index (κ3) is 3.91. The number of carbonyl (C=O) groups is 2. The van der Waals surface area contributed by atoms with Crippen molar-refractivity contribution < 1.29 is 33.3 Å². The molecule has 0 unspecified atom stereocenters. The molecule has 0 aliphatic carbocycles. The normalized spacial score (nSPS) is 11.7. The highest BCUT2D eigenvalue weighted by molar-refractivity contribution is 7.13. The van der Waals surface area contributed by atoms with Crippen LogP contribution < -0.4 is 9.47 Å². The van der Waals surface area contributed by atoms with Crippen LogP contribution in [-0.2, 0) is 11.3 Å². The molecule has 6 nitrogen and oxygen atoms in total. The Bertz CT molecular complexity index is 1480. The zero-order valence-corrected chi connectivity index (χ0v) is 19.6. The largest absolute Gasteiger partial charge is 0.496 e. The molecule has 1 aliphatic heterocycles. The molecule has 176 valence electrons. The Morgan fingerprint density at radius 1 is 0.943 bits per heavy atom. The molecule has 0 fully saturated rings. The fourth-order valence-electron chi connectivity index (χ4n) is 4.28. The average molecular weight is 491 g/mol. The van der Waals surface area contributed by atoms with Crippen molar-refractivity contribution in [1.82, 2.24) is 0 Å². The number of aromatic carboxylic acids is 1. The van der Waals surface area contributed by atoms with E-state index in [1.165, 1.54) is 43.8 Å². The minimum atomic E-state index is -1.15. The summed E-state index contributed by atoms with van der Waals surface area (Å²) in [4.78, 5) is 26.0. The van der Waals surface area contributed by atoms with Crippen LogP contribution in [0.2, 0.25) is 0 Å². The van der Waals surface area contributed by atoms with Gasteiger partial charge in [-0.3, -0.25) is 0 Å². The quantitative estimate of drug-likeness (QED) is 0.332. The van der Waals surface area contributed by atoms with Gasteiger partial charge >= 0.3 is 11.9 Å². The third-order valence-corrected chi connectivity index (χ3v) is 6.81. The Morgan fingerprint density at radius 2 is 1.71 bits per heavy atom. The number of benzene rings is 3. The number of esters is 1. The predicted molar refractivity (Wildman–Crippen MR) is 130 cm³/mol. The summed E-state index contributed by atoms with van der Waals surface area (Å²) < 4.78 is 30.4. The molecule has 1 aliphatic rings. The first-order chi connectivity index (χ1) is 16.9. The number of thiophene rings is 1. The Labute approximate surface area is 204 Å². The van der Waals surface area contributed by atoms with Gasteiger partial charge in [-0.05, 0) is 70.6 Å². The number of hydrogen-bond acceptors (Lipinski definition) is 6. The van der Waals surface area contributed by atoms with Gasteiger partial charge in [0.25, 0.3) is 0 Å². The van der Waals surface area contributed by atoms with Gasteiger partial charge < -0.3 is 19.3 Å². The molecule has 0 amide bonds. The summed E-state index contributed by atoms with van der Waals surface area (Å²) in [6.07, 6.45) is 0. The van der Waals surface area contributed by atoms with Gasteiger partial charge in [-0.25, -0.2) is 14.0 Å². The van der Waals surface area contributed by atoms with E-state index in [2.05, 4.69) is 0 Å². The number of hydrogen-bond donors (Lipinski definition) is 1. The smallest absolute Gasteiger partial charge is 0.338 e. The number of methoxy groups -OCH3 is 2. The number of fused-ring (bicyclic) bond motifs is 3. The number of carbonyl (C=O) groups excluding carboxylic acids is 1. The van der Waals surface area contributed by atoms with E-state index in [9.17, 15) is 19.1 Å². The van der Waals surface area contributed by atoms with E-state index in [1.807, 2.05) is 17.5 Å². The molecule has 2 heterocycles. The second-order valence-electron chi connectivity index (χ2n) is 7.86. The second kappa shape index (κ2) is 8.88. The monoisotopic (exact) mass is 490 g/mol. The topological polar surface area (TPSA) is 82.1 Å². The van der Waals surface area contributed by atoms with Crippen LogP contribution in [0.5, 0.6) is 11.5 Å². The van der Waals surface area contributed by atoms with Crippen LogP contribution >= 0.6 is 11.3 Å². The minimum Gasteiger partial charge on any atom is -0.496 e. The Kier molecular flexibility index (Phi) is 5.74. The van der Waals surface area contributed by atoms with Crippen molar-refractivity contribution in [2.75, 3.05) is 14.2 Å². The molecule has 3 aromatic carbocycles. The van der Waals surface area contributed by atoms with Crippen molar-refractivity contribution in [2.24, 2.45) is 0 Å². The van der Waals surface area contributed by atoms with Gasteiger partial charge in [0.15, 0.2) is 0 Å². The number of ether oxygens (including phenoxy) is 3. The van der Waals surface area contributed by atoms with E-state index in [1.54, 1.807) is 24.3 Å². The number of halogens is 1. The van der Waals surface area contributed by atoms with Crippen LogP contribution in [0.25, 0.3) is 32.7 Å². The zero-order valence-electron chi connectivity index (χ0n) is 18.8. The maximum absolute atomic E-state index is 14.0. The molecule has 0 bridgehead atoms. The summed E-state index contributed by atoms with van der Waals surface area (Å²) >= 11 is 1.46. The first-order valence-electron chi connectivity index (χ1n) is 10.6. The SMILES string of the molecule is COC(=O)c1cc2c(cc1-c1cc(OC)c(-c3cccs3)cc1C(=O)O)COc1ccc(F)cc1-2. The molecule has 0 spiro atoms. The lowest BCUT2D eigenvalue weighted by molar-refractivity contribution is 0.0600. The summed E-state index contributed by atoms with van der Waals surface area (Å²) in [5, 5.41) is 12.0. The summed E-state index contributed by atoms with van der Waals surface area (Å²) in [6, 6.07) is 14.4. The van der Waals surface area contributed by atoms with Crippen molar-refractivity contribution >= 4 is 23.3 Å². The number of carboxylic acids is 1. The van der Waals surface area contributed by atoms with Crippen molar-refractivity contribution in [3.05, 3.63) is 82.5 Å². The molecule has 0 saturated carbocycles. The first kappa shape index (κ1) is 22.6. The van der Waals surface area contributed by atoms with Gasteiger partial charge in [-0.2, -0.15) is 0 Å². The van der Waals surface area contributed by atoms with E-state index < -0.39 is 17.8 Å². The molecular formula is C27H19FO6S. The Hall–Kier alpha value is -4.17. The number of carboxylic acid groups (broad SMARTS) is 1. The van der Waals surface area contributed by atoms with Crippen LogP contribution in [0.15, 0.2) is 60.0 Å². The van der Waals surface area contributed by atoms with Crippen molar-refractivity contribution in [3.8, 4) is 44.2 Å².